The fourth-order valence-electron chi connectivity index (χ4n) is 2.92. The summed E-state index contributed by atoms with van der Waals surface area (Å²) in [6.07, 6.45) is 0. The van der Waals surface area contributed by atoms with Crippen molar-refractivity contribution in [1.29, 1.82) is 0 Å². The second-order valence-corrected chi connectivity index (χ2v) is 7.86. The van der Waals surface area contributed by atoms with Crippen LogP contribution in [-0.4, -0.2) is 51.3 Å². The molecular weight excluding hydrogens is 398 g/mol. The molecule has 8 heteroatoms. The highest BCUT2D eigenvalue weighted by molar-refractivity contribution is 7.99. The molecule has 0 aliphatic carbocycles. The van der Waals surface area contributed by atoms with Crippen molar-refractivity contribution >= 4 is 23.6 Å². The quantitative estimate of drug-likeness (QED) is 0.564. The largest absolute Gasteiger partial charge is 0.355 e. The van der Waals surface area contributed by atoms with Gasteiger partial charge >= 0.3 is 0 Å². The van der Waals surface area contributed by atoms with Crippen molar-refractivity contribution in [2.24, 2.45) is 0 Å². The molecule has 0 aliphatic heterocycles. The van der Waals surface area contributed by atoms with E-state index in [0.717, 1.165) is 22.1 Å². The van der Waals surface area contributed by atoms with Gasteiger partial charge in [0.15, 0.2) is 5.16 Å². The molecule has 0 saturated heterocycles. The van der Waals surface area contributed by atoms with Crippen LogP contribution in [0.5, 0.6) is 0 Å². The molecule has 3 rings (SSSR count). The molecule has 0 spiro atoms. The van der Waals surface area contributed by atoms with E-state index in [9.17, 15) is 9.59 Å². The number of thioether (sulfide) groups is 1. The highest BCUT2D eigenvalue weighted by Gasteiger charge is 2.15. The Morgan fingerprint density at radius 2 is 1.73 bits per heavy atom. The van der Waals surface area contributed by atoms with Crippen molar-refractivity contribution in [3.05, 3.63) is 77.1 Å². The third kappa shape index (κ3) is 5.48. The summed E-state index contributed by atoms with van der Waals surface area (Å²) in [7, 11) is 3.37. The van der Waals surface area contributed by atoms with Gasteiger partial charge in [-0.3, -0.25) is 9.59 Å². The minimum absolute atomic E-state index is 0.00212. The van der Waals surface area contributed by atoms with Crippen LogP contribution in [0.3, 0.4) is 0 Å². The Balaban J connectivity index is 1.57. The van der Waals surface area contributed by atoms with Crippen LogP contribution in [0, 0.1) is 6.92 Å². The van der Waals surface area contributed by atoms with Crippen molar-refractivity contribution < 1.29 is 9.59 Å². The van der Waals surface area contributed by atoms with Crippen LogP contribution in [0.2, 0.25) is 0 Å². The van der Waals surface area contributed by atoms with Crippen LogP contribution in [0.15, 0.2) is 59.8 Å². The van der Waals surface area contributed by atoms with Crippen LogP contribution < -0.4 is 5.32 Å². The number of carbonyl (C=O) groups excluding carboxylic acids is 2. The molecule has 2 amide bonds. The van der Waals surface area contributed by atoms with E-state index in [4.69, 9.17) is 0 Å². The smallest absolute Gasteiger partial charge is 0.251 e. The number of aryl methyl sites for hydroxylation is 1. The van der Waals surface area contributed by atoms with Crippen LogP contribution in [0.4, 0.5) is 0 Å². The first kappa shape index (κ1) is 21.6. The summed E-state index contributed by atoms with van der Waals surface area (Å²) in [6, 6.07) is 17.3. The number of benzene rings is 2. The van der Waals surface area contributed by atoms with Gasteiger partial charge in [0.25, 0.3) is 5.91 Å². The monoisotopic (exact) mass is 423 g/mol. The molecule has 0 fully saturated rings. The molecule has 3 aromatic rings. The molecule has 7 nitrogen and oxygen atoms in total. The second kappa shape index (κ2) is 10.1. The average molecular weight is 424 g/mol. The molecule has 0 saturated carbocycles. The van der Waals surface area contributed by atoms with Crippen molar-refractivity contribution in [2.45, 2.75) is 25.2 Å². The van der Waals surface area contributed by atoms with Crippen LogP contribution >= 0.6 is 11.8 Å². The topological polar surface area (TPSA) is 80.1 Å². The minimum atomic E-state index is -0.128. The summed E-state index contributed by atoms with van der Waals surface area (Å²) in [5, 5.41) is 11.7. The van der Waals surface area contributed by atoms with Gasteiger partial charge in [-0.1, -0.05) is 54.2 Å². The first-order valence-electron chi connectivity index (χ1n) is 9.59. The molecule has 1 heterocycles. The van der Waals surface area contributed by atoms with Crippen LogP contribution in [-0.2, 0) is 17.9 Å². The number of amides is 2. The number of aromatic nitrogens is 3. The van der Waals surface area contributed by atoms with Crippen molar-refractivity contribution in [1.82, 2.24) is 25.0 Å². The lowest BCUT2D eigenvalue weighted by molar-refractivity contribution is -0.127. The van der Waals surface area contributed by atoms with Crippen LogP contribution in [0.25, 0.3) is 0 Å². The molecule has 30 heavy (non-hydrogen) atoms. The Hall–Kier alpha value is -3.13. The van der Waals surface area contributed by atoms with E-state index < -0.39 is 0 Å². The van der Waals surface area contributed by atoms with Gasteiger partial charge in [-0.15, -0.1) is 10.2 Å². The first-order chi connectivity index (χ1) is 14.5. The number of nitrogens with zero attached hydrogens (tertiary/aromatic N) is 4. The fourth-order valence-corrected chi connectivity index (χ4v) is 3.84. The number of nitrogens with one attached hydrogen (secondary N) is 1. The van der Waals surface area contributed by atoms with E-state index in [0.29, 0.717) is 18.7 Å². The number of hydrogen-bond donors (Lipinski definition) is 1. The highest BCUT2D eigenvalue weighted by Crippen LogP contribution is 2.19. The summed E-state index contributed by atoms with van der Waals surface area (Å²) in [4.78, 5) is 25.9. The van der Waals surface area contributed by atoms with Crippen molar-refractivity contribution in [3.63, 3.8) is 0 Å². The summed E-state index contributed by atoms with van der Waals surface area (Å²) in [5.41, 5.74) is 2.72. The Bertz CT molecular complexity index is 1000. The predicted molar refractivity (Wildman–Crippen MR) is 117 cm³/mol. The number of hydrogen-bond acceptors (Lipinski definition) is 5. The van der Waals surface area contributed by atoms with E-state index in [1.165, 1.54) is 11.8 Å². The fraction of sp³-hybridized carbons (Fsp3) is 0.273. The van der Waals surface area contributed by atoms with E-state index in [1.54, 1.807) is 31.1 Å². The molecule has 0 unspecified atom stereocenters. The Labute approximate surface area is 180 Å². The molecule has 0 bridgehead atoms. The normalized spacial score (nSPS) is 10.6. The highest BCUT2D eigenvalue weighted by atomic mass is 32.2. The standard InChI is InChI=1S/C22H25N5O2S/c1-16-24-25-22(27(16)14-17-7-5-4-6-8-17)30-15-20(28)26(3)13-18-9-11-19(12-10-18)21(29)23-2/h4-12H,13-15H2,1-3H3,(H,23,29). The average Bonchev–Trinajstić information content (AvgIpc) is 3.12. The second-order valence-electron chi connectivity index (χ2n) is 6.92. The molecule has 156 valence electrons. The van der Waals surface area contributed by atoms with E-state index >= 15 is 0 Å². The molecule has 0 aliphatic rings. The zero-order valence-electron chi connectivity index (χ0n) is 17.3. The number of rotatable bonds is 8. The molecule has 0 radical (unpaired) electrons. The lowest BCUT2D eigenvalue weighted by atomic mass is 10.1. The molecule has 1 N–H and O–H groups in total. The lowest BCUT2D eigenvalue weighted by Crippen LogP contribution is -2.28. The SMILES string of the molecule is CNC(=O)c1ccc(CN(C)C(=O)CSc2nnc(C)n2Cc2ccccc2)cc1. The Morgan fingerprint density at radius 3 is 2.40 bits per heavy atom. The van der Waals surface area contributed by atoms with Crippen molar-refractivity contribution in [3.8, 4) is 0 Å². The molecular formula is C22H25N5O2S. The number of carbonyl (C=O) groups is 2. The Kier molecular flexibility index (Phi) is 7.24. The minimum Gasteiger partial charge on any atom is -0.355 e. The molecule has 0 atom stereocenters. The maximum atomic E-state index is 12.6. The maximum absolute atomic E-state index is 12.6. The summed E-state index contributed by atoms with van der Waals surface area (Å²) < 4.78 is 2.02. The molecule has 1 aromatic heterocycles. The summed E-state index contributed by atoms with van der Waals surface area (Å²) in [5.74, 6) is 0.970. The van der Waals surface area contributed by atoms with Gasteiger partial charge in [-0.05, 0) is 30.2 Å². The summed E-state index contributed by atoms with van der Waals surface area (Å²) >= 11 is 1.39. The first-order valence-corrected chi connectivity index (χ1v) is 10.6. The van der Waals surface area contributed by atoms with Gasteiger partial charge in [0, 0.05) is 26.2 Å². The zero-order valence-corrected chi connectivity index (χ0v) is 18.1. The maximum Gasteiger partial charge on any atom is 0.251 e. The Morgan fingerprint density at radius 1 is 1.03 bits per heavy atom. The van der Waals surface area contributed by atoms with Gasteiger partial charge in [0.1, 0.15) is 5.82 Å². The summed E-state index contributed by atoms with van der Waals surface area (Å²) in [6.45, 7) is 3.06. The van der Waals surface area contributed by atoms with Crippen molar-refractivity contribution in [2.75, 3.05) is 19.8 Å². The lowest BCUT2D eigenvalue weighted by Gasteiger charge is -2.17. The van der Waals surface area contributed by atoms with Gasteiger partial charge in [0.2, 0.25) is 5.91 Å². The van der Waals surface area contributed by atoms with Gasteiger partial charge < -0.3 is 14.8 Å². The zero-order chi connectivity index (χ0) is 21.5. The third-order valence-corrected chi connectivity index (χ3v) is 5.65. The van der Waals surface area contributed by atoms with Gasteiger partial charge in [0.05, 0.1) is 12.3 Å². The van der Waals surface area contributed by atoms with Crippen LogP contribution in [0.1, 0.15) is 27.3 Å². The van der Waals surface area contributed by atoms with E-state index in [1.807, 2.05) is 41.8 Å². The predicted octanol–water partition coefficient (Wildman–Crippen LogP) is 2.75. The van der Waals surface area contributed by atoms with Gasteiger partial charge in [-0.25, -0.2) is 0 Å². The van der Waals surface area contributed by atoms with E-state index in [-0.39, 0.29) is 17.6 Å². The third-order valence-electron chi connectivity index (χ3n) is 4.70. The van der Waals surface area contributed by atoms with Gasteiger partial charge in [-0.2, -0.15) is 0 Å². The van der Waals surface area contributed by atoms with E-state index in [2.05, 4.69) is 27.6 Å². The molecule has 2 aromatic carbocycles.